The Morgan fingerprint density at radius 3 is 2.57 bits per heavy atom. The number of carbonyl (C=O) groups excluding carboxylic acids is 1. The van der Waals surface area contributed by atoms with E-state index in [0.29, 0.717) is 5.57 Å². The van der Waals surface area contributed by atoms with Crippen LogP contribution in [0.5, 0.6) is 0 Å². The van der Waals surface area contributed by atoms with Crippen molar-refractivity contribution < 1.29 is 4.79 Å². The van der Waals surface area contributed by atoms with Gasteiger partial charge in [-0.3, -0.25) is 4.79 Å². The molecule has 1 heteroatoms. The Bertz CT molecular complexity index is 82.2. The molecule has 0 saturated heterocycles. The summed E-state index contributed by atoms with van der Waals surface area (Å²) in [6.45, 7) is 3.73. The first-order chi connectivity index (χ1) is 3.31. The maximum absolute atomic E-state index is 9.70. The summed E-state index contributed by atoms with van der Waals surface area (Å²) in [7, 11) is 0. The van der Waals surface area contributed by atoms with Crippen LogP contribution in [0.2, 0.25) is 0 Å². The normalized spacial score (nSPS) is 11.4. The zero-order chi connectivity index (χ0) is 5.70. The molecule has 0 aliphatic carbocycles. The van der Waals surface area contributed by atoms with Crippen molar-refractivity contribution in [1.82, 2.24) is 0 Å². The van der Waals surface area contributed by atoms with Crippen LogP contribution >= 0.6 is 0 Å². The third kappa shape index (κ3) is 3.23. The van der Waals surface area contributed by atoms with E-state index < -0.39 is 0 Å². The Kier molecular flexibility index (Phi) is 3.29. The molecule has 0 bridgehead atoms. The van der Waals surface area contributed by atoms with Gasteiger partial charge in [-0.25, -0.2) is 0 Å². The highest BCUT2D eigenvalue weighted by atomic mass is 16.1. The number of rotatable bonds is 2. The maximum Gasteiger partial charge on any atom is 0.228 e. The number of hydrogen-bond acceptors (Lipinski definition) is 1. The van der Waals surface area contributed by atoms with Gasteiger partial charge in [0.1, 0.15) is 0 Å². The summed E-state index contributed by atoms with van der Waals surface area (Å²) in [5, 5.41) is 0. The van der Waals surface area contributed by atoms with E-state index in [1.54, 1.807) is 13.2 Å². The first-order valence-corrected chi connectivity index (χ1v) is 2.36. The summed E-state index contributed by atoms with van der Waals surface area (Å²) >= 11 is 0. The molecule has 0 aromatic rings. The summed E-state index contributed by atoms with van der Waals surface area (Å²) in [4.78, 5) is 9.70. The van der Waals surface area contributed by atoms with Crippen molar-refractivity contribution >= 4 is 6.29 Å². The van der Waals surface area contributed by atoms with Crippen LogP contribution in [0.4, 0.5) is 0 Å². The lowest BCUT2D eigenvalue weighted by molar-refractivity contribution is 0.561. The highest BCUT2D eigenvalue weighted by Crippen LogP contribution is 1.87. The molecule has 7 heavy (non-hydrogen) atoms. The number of allylic oxidation sites excluding steroid dienone is 2. The molecule has 0 aliphatic heterocycles. The average Bonchev–Trinajstić information content (AvgIpc) is 1.68. The molecular formula is C6H9O. The van der Waals surface area contributed by atoms with Crippen LogP contribution < -0.4 is 0 Å². The van der Waals surface area contributed by atoms with E-state index in [2.05, 4.69) is 0 Å². The van der Waals surface area contributed by atoms with Gasteiger partial charge in [0, 0.05) is 0 Å². The molecule has 0 spiro atoms. The zero-order valence-electron chi connectivity index (χ0n) is 4.69. The van der Waals surface area contributed by atoms with Crippen molar-refractivity contribution in [3.05, 3.63) is 11.6 Å². The third-order valence-electron chi connectivity index (χ3n) is 0.671. The van der Waals surface area contributed by atoms with Crippen LogP contribution in [0.3, 0.4) is 0 Å². The monoisotopic (exact) mass is 97.1 g/mol. The van der Waals surface area contributed by atoms with Gasteiger partial charge in [-0.1, -0.05) is 13.0 Å². The zero-order valence-corrected chi connectivity index (χ0v) is 4.69. The van der Waals surface area contributed by atoms with Gasteiger partial charge < -0.3 is 0 Å². The molecule has 0 aliphatic rings. The Hall–Kier alpha value is -0.590. The fourth-order valence-electron chi connectivity index (χ4n) is 0.348. The maximum atomic E-state index is 9.70. The first kappa shape index (κ1) is 6.41. The molecule has 1 radical (unpaired) electrons. The minimum absolute atomic E-state index is 0.697. The highest BCUT2D eigenvalue weighted by molar-refractivity contribution is 5.72. The molecule has 0 rings (SSSR count). The van der Waals surface area contributed by atoms with Gasteiger partial charge >= 0.3 is 0 Å². The van der Waals surface area contributed by atoms with Crippen molar-refractivity contribution in [2.45, 2.75) is 20.3 Å². The van der Waals surface area contributed by atoms with Crippen molar-refractivity contribution in [2.75, 3.05) is 0 Å². The lowest BCUT2D eigenvalue weighted by Crippen LogP contribution is -1.72. The van der Waals surface area contributed by atoms with Gasteiger partial charge in [0.15, 0.2) is 0 Å². The fourth-order valence-corrected chi connectivity index (χ4v) is 0.348. The van der Waals surface area contributed by atoms with E-state index in [1.165, 1.54) is 0 Å². The molecule has 0 aromatic carbocycles. The van der Waals surface area contributed by atoms with E-state index >= 15 is 0 Å². The molecular weight excluding hydrogens is 88.1 g/mol. The summed E-state index contributed by atoms with van der Waals surface area (Å²) in [5.74, 6) is 0. The quantitative estimate of drug-likeness (QED) is 0.476. The van der Waals surface area contributed by atoms with Crippen LogP contribution in [0.25, 0.3) is 0 Å². The van der Waals surface area contributed by atoms with Gasteiger partial charge in [0.2, 0.25) is 6.29 Å². The summed E-state index contributed by atoms with van der Waals surface area (Å²) < 4.78 is 0. The predicted octanol–water partition coefficient (Wildman–Crippen LogP) is 1.45. The molecule has 0 heterocycles. The number of hydrogen-bond donors (Lipinski definition) is 0. The largest absolute Gasteiger partial charge is 0.285 e. The van der Waals surface area contributed by atoms with Crippen LogP contribution in [0.1, 0.15) is 20.3 Å². The highest BCUT2D eigenvalue weighted by Gasteiger charge is 1.78. The average molecular weight is 97.1 g/mol. The van der Waals surface area contributed by atoms with E-state index in [1.807, 2.05) is 13.0 Å². The Morgan fingerprint density at radius 1 is 1.86 bits per heavy atom. The van der Waals surface area contributed by atoms with E-state index in [-0.39, 0.29) is 0 Å². The second kappa shape index (κ2) is 3.59. The summed E-state index contributed by atoms with van der Waals surface area (Å²) in [6, 6.07) is 0. The Morgan fingerprint density at radius 2 is 2.43 bits per heavy atom. The molecule has 0 aromatic heterocycles. The lowest BCUT2D eigenvalue weighted by Gasteiger charge is -1.78. The second-order valence-electron chi connectivity index (χ2n) is 1.40. The summed E-state index contributed by atoms with van der Waals surface area (Å²) in [5.41, 5.74) is 0.697. The molecule has 0 fully saturated rings. The molecule has 0 amide bonds. The van der Waals surface area contributed by atoms with Crippen molar-refractivity contribution in [3.8, 4) is 0 Å². The molecule has 1 nitrogen and oxygen atoms in total. The first-order valence-electron chi connectivity index (χ1n) is 2.36. The van der Waals surface area contributed by atoms with Gasteiger partial charge in [-0.15, -0.1) is 0 Å². The fraction of sp³-hybridized carbons (Fsp3) is 0.500. The standard InChI is InChI=1S/C6H9O/c1-3-4-6(2)5-7/h4H,3H2,1-2H3. The molecule has 0 unspecified atom stereocenters. The third-order valence-corrected chi connectivity index (χ3v) is 0.671. The minimum Gasteiger partial charge on any atom is -0.285 e. The second-order valence-corrected chi connectivity index (χ2v) is 1.40. The van der Waals surface area contributed by atoms with E-state index in [4.69, 9.17) is 0 Å². The minimum atomic E-state index is 0.697. The molecule has 0 atom stereocenters. The summed E-state index contributed by atoms with van der Waals surface area (Å²) in [6.07, 6.45) is 4.53. The van der Waals surface area contributed by atoms with Crippen LogP contribution in [-0.4, -0.2) is 6.29 Å². The van der Waals surface area contributed by atoms with Gasteiger partial charge in [0.25, 0.3) is 0 Å². The molecule has 0 N–H and O–H groups in total. The van der Waals surface area contributed by atoms with Gasteiger partial charge in [-0.05, 0) is 18.9 Å². The van der Waals surface area contributed by atoms with Crippen LogP contribution in [-0.2, 0) is 4.79 Å². The van der Waals surface area contributed by atoms with Crippen LogP contribution in [0, 0.1) is 0 Å². The topological polar surface area (TPSA) is 17.1 Å². The Balaban J connectivity index is 3.49. The van der Waals surface area contributed by atoms with Crippen molar-refractivity contribution in [1.29, 1.82) is 0 Å². The Labute approximate surface area is 44.0 Å². The van der Waals surface area contributed by atoms with Crippen molar-refractivity contribution in [2.24, 2.45) is 0 Å². The van der Waals surface area contributed by atoms with Crippen molar-refractivity contribution in [3.63, 3.8) is 0 Å². The SMILES string of the molecule is CCC=C(C)[C]=O. The smallest absolute Gasteiger partial charge is 0.228 e. The predicted molar refractivity (Wildman–Crippen MR) is 29.7 cm³/mol. The van der Waals surface area contributed by atoms with Gasteiger partial charge in [0.05, 0.1) is 0 Å². The molecule has 39 valence electrons. The van der Waals surface area contributed by atoms with Gasteiger partial charge in [-0.2, -0.15) is 0 Å². The lowest BCUT2D eigenvalue weighted by atomic mass is 10.3. The van der Waals surface area contributed by atoms with E-state index in [0.717, 1.165) is 6.42 Å². The van der Waals surface area contributed by atoms with Crippen LogP contribution in [0.15, 0.2) is 11.6 Å². The van der Waals surface area contributed by atoms with E-state index in [9.17, 15) is 4.79 Å². The molecule has 0 saturated carbocycles.